The maximum absolute atomic E-state index is 4.70. The molecule has 0 radical (unpaired) electrons. The van der Waals surface area contributed by atoms with Crippen molar-refractivity contribution in [2.75, 3.05) is 12.8 Å². The molecule has 3 aromatic rings. The van der Waals surface area contributed by atoms with Crippen LogP contribution in [-0.4, -0.2) is 23.7 Å². The Balaban J connectivity index is 2.02. The predicted molar refractivity (Wildman–Crippen MR) is 113 cm³/mol. The number of aromatic nitrogens is 1. The van der Waals surface area contributed by atoms with E-state index in [1.807, 2.05) is 29.9 Å². The van der Waals surface area contributed by atoms with Gasteiger partial charge in [0.05, 0.1) is 11.9 Å². The van der Waals surface area contributed by atoms with Gasteiger partial charge in [0.15, 0.2) is 0 Å². The predicted octanol–water partition coefficient (Wildman–Crippen LogP) is 5.50. The molecule has 0 amide bonds. The number of hydrogen-bond acceptors (Lipinski definition) is 4. The largest absolute Gasteiger partial charge is 0.258 e. The van der Waals surface area contributed by atoms with E-state index in [-0.39, 0.29) is 0 Å². The first-order chi connectivity index (χ1) is 12.2. The summed E-state index contributed by atoms with van der Waals surface area (Å²) in [4.78, 5) is 6.71. The molecule has 0 N–H and O–H groups in total. The topological polar surface area (TPSA) is 29.6 Å². The van der Waals surface area contributed by atoms with Gasteiger partial charge in [-0.1, -0.05) is 40.2 Å². The second-order valence-corrected chi connectivity index (χ2v) is 7.85. The standard InChI is InChI=1S/C19H18BrN3S2/c1-3-21-19-23(22-12-14-7-9-17(24-2)10-8-14)18(13-25-19)15-5-4-6-16(20)11-15/h4-13H,3H2,1-2H3/b21-19?,22-12-. The molecule has 1 heterocycles. The number of hydrogen-bond donors (Lipinski definition) is 0. The fourth-order valence-electron chi connectivity index (χ4n) is 2.32. The van der Waals surface area contributed by atoms with Crippen LogP contribution in [0.2, 0.25) is 0 Å². The first-order valence-corrected chi connectivity index (χ1v) is 10.8. The van der Waals surface area contributed by atoms with Crippen molar-refractivity contribution in [3.8, 4) is 11.3 Å². The summed E-state index contributed by atoms with van der Waals surface area (Å²) in [6, 6.07) is 16.6. The molecule has 6 heteroatoms. The van der Waals surface area contributed by atoms with Crippen LogP contribution in [0.5, 0.6) is 0 Å². The van der Waals surface area contributed by atoms with Crippen molar-refractivity contribution in [2.45, 2.75) is 11.8 Å². The van der Waals surface area contributed by atoms with Crippen molar-refractivity contribution < 1.29 is 0 Å². The maximum Gasteiger partial charge on any atom is 0.206 e. The van der Waals surface area contributed by atoms with Crippen LogP contribution in [0.1, 0.15) is 12.5 Å². The highest BCUT2D eigenvalue weighted by Gasteiger charge is 2.07. The Hall–Kier alpha value is -1.63. The molecule has 25 heavy (non-hydrogen) atoms. The quantitative estimate of drug-likeness (QED) is 0.387. The highest BCUT2D eigenvalue weighted by molar-refractivity contribution is 9.10. The third-order valence-electron chi connectivity index (χ3n) is 3.54. The Labute approximate surface area is 164 Å². The van der Waals surface area contributed by atoms with E-state index < -0.39 is 0 Å². The summed E-state index contributed by atoms with van der Waals surface area (Å²) >= 11 is 6.88. The highest BCUT2D eigenvalue weighted by atomic mass is 79.9. The molecule has 0 saturated carbocycles. The summed E-state index contributed by atoms with van der Waals surface area (Å²) < 4.78 is 2.96. The van der Waals surface area contributed by atoms with Crippen LogP contribution in [0, 0.1) is 0 Å². The molecule has 0 saturated heterocycles. The number of nitrogens with zero attached hydrogens (tertiary/aromatic N) is 3. The molecule has 2 aromatic carbocycles. The van der Waals surface area contributed by atoms with Gasteiger partial charge in [0, 0.05) is 26.9 Å². The Morgan fingerprint density at radius 1 is 1.20 bits per heavy atom. The lowest BCUT2D eigenvalue weighted by atomic mass is 10.2. The molecule has 1 aromatic heterocycles. The summed E-state index contributed by atoms with van der Waals surface area (Å²) in [6.07, 6.45) is 3.96. The van der Waals surface area contributed by atoms with Gasteiger partial charge in [-0.3, -0.25) is 4.99 Å². The molecule has 0 aliphatic heterocycles. The minimum Gasteiger partial charge on any atom is -0.258 e. The van der Waals surface area contributed by atoms with Gasteiger partial charge >= 0.3 is 0 Å². The van der Waals surface area contributed by atoms with Gasteiger partial charge in [-0.05, 0) is 43.0 Å². The molecule has 0 bridgehead atoms. The van der Waals surface area contributed by atoms with Crippen molar-refractivity contribution in [1.82, 2.24) is 4.68 Å². The van der Waals surface area contributed by atoms with Crippen molar-refractivity contribution in [3.05, 3.63) is 68.7 Å². The Bertz CT molecular complexity index is 940. The van der Waals surface area contributed by atoms with Crippen LogP contribution < -0.4 is 4.80 Å². The fraction of sp³-hybridized carbons (Fsp3) is 0.158. The molecule has 0 aliphatic rings. The van der Waals surface area contributed by atoms with E-state index in [0.717, 1.165) is 32.6 Å². The number of rotatable bonds is 5. The van der Waals surface area contributed by atoms with Crippen molar-refractivity contribution >= 4 is 45.2 Å². The zero-order chi connectivity index (χ0) is 17.6. The van der Waals surface area contributed by atoms with Crippen LogP contribution in [0.15, 0.2) is 73.4 Å². The fourth-order valence-corrected chi connectivity index (χ4v) is 4.02. The van der Waals surface area contributed by atoms with Gasteiger partial charge in [-0.15, -0.1) is 23.1 Å². The van der Waals surface area contributed by atoms with Crippen LogP contribution in [0.4, 0.5) is 0 Å². The van der Waals surface area contributed by atoms with E-state index in [1.165, 1.54) is 4.90 Å². The van der Waals surface area contributed by atoms with Crippen molar-refractivity contribution in [1.29, 1.82) is 0 Å². The van der Waals surface area contributed by atoms with Crippen molar-refractivity contribution in [2.24, 2.45) is 10.1 Å². The smallest absolute Gasteiger partial charge is 0.206 e. The number of halogens is 1. The minimum atomic E-state index is 0.733. The van der Waals surface area contributed by atoms with E-state index in [0.29, 0.717) is 0 Å². The summed E-state index contributed by atoms with van der Waals surface area (Å²) in [5.74, 6) is 0. The lowest BCUT2D eigenvalue weighted by molar-refractivity contribution is 0.833. The van der Waals surface area contributed by atoms with Crippen molar-refractivity contribution in [3.63, 3.8) is 0 Å². The number of thiazole rings is 1. The maximum atomic E-state index is 4.70. The van der Waals surface area contributed by atoms with E-state index >= 15 is 0 Å². The number of benzene rings is 2. The third kappa shape index (κ3) is 4.51. The third-order valence-corrected chi connectivity index (χ3v) is 5.63. The Kier molecular flexibility index (Phi) is 6.29. The number of thioether (sulfide) groups is 1. The van der Waals surface area contributed by atoms with E-state index in [9.17, 15) is 0 Å². The Morgan fingerprint density at radius 2 is 2.00 bits per heavy atom. The first kappa shape index (κ1) is 18.2. The van der Waals surface area contributed by atoms with Crippen LogP contribution >= 0.6 is 39.0 Å². The van der Waals surface area contributed by atoms with E-state index in [1.54, 1.807) is 23.1 Å². The average molecular weight is 432 g/mol. The second kappa shape index (κ2) is 8.65. The molecule has 0 aliphatic carbocycles. The van der Waals surface area contributed by atoms with E-state index in [2.05, 4.69) is 69.0 Å². The van der Waals surface area contributed by atoms with Gasteiger partial charge < -0.3 is 0 Å². The summed E-state index contributed by atoms with van der Waals surface area (Å²) in [6.45, 7) is 2.77. The Morgan fingerprint density at radius 3 is 2.68 bits per heavy atom. The van der Waals surface area contributed by atoms with Gasteiger partial charge in [0.25, 0.3) is 0 Å². The lowest BCUT2D eigenvalue weighted by Crippen LogP contribution is -2.12. The zero-order valence-corrected chi connectivity index (χ0v) is 17.2. The normalized spacial score (nSPS) is 12.2. The lowest BCUT2D eigenvalue weighted by Gasteiger charge is -2.04. The summed E-state index contributed by atoms with van der Waals surface area (Å²) in [5, 5.41) is 6.80. The van der Waals surface area contributed by atoms with E-state index in [4.69, 9.17) is 5.10 Å². The first-order valence-electron chi connectivity index (χ1n) is 7.86. The average Bonchev–Trinajstić information content (AvgIpc) is 3.03. The monoisotopic (exact) mass is 431 g/mol. The molecule has 3 nitrogen and oxygen atoms in total. The molecule has 0 atom stereocenters. The molecule has 0 spiro atoms. The summed E-state index contributed by atoms with van der Waals surface area (Å²) in [5.41, 5.74) is 3.22. The van der Waals surface area contributed by atoms with Crippen LogP contribution in [-0.2, 0) is 0 Å². The molecule has 3 rings (SSSR count). The second-order valence-electron chi connectivity index (χ2n) is 5.22. The van der Waals surface area contributed by atoms with Gasteiger partial charge in [-0.2, -0.15) is 5.10 Å². The highest BCUT2D eigenvalue weighted by Crippen LogP contribution is 2.23. The summed E-state index contributed by atoms with van der Waals surface area (Å²) in [7, 11) is 0. The van der Waals surface area contributed by atoms with Gasteiger partial charge in [0.1, 0.15) is 0 Å². The minimum absolute atomic E-state index is 0.733. The molecule has 128 valence electrons. The zero-order valence-electron chi connectivity index (χ0n) is 14.0. The molecular formula is C19H18BrN3S2. The molecular weight excluding hydrogens is 414 g/mol. The van der Waals surface area contributed by atoms with Crippen LogP contribution in [0.3, 0.4) is 0 Å². The van der Waals surface area contributed by atoms with Gasteiger partial charge in [-0.25, -0.2) is 4.68 Å². The SMILES string of the molecule is CCN=c1scc(-c2cccc(Br)c2)n1/N=C\c1ccc(SC)cc1. The molecule has 0 fully saturated rings. The van der Waals surface area contributed by atoms with Crippen LogP contribution in [0.25, 0.3) is 11.3 Å². The van der Waals surface area contributed by atoms with Gasteiger partial charge in [0.2, 0.25) is 4.80 Å². The molecule has 0 unspecified atom stereocenters.